The van der Waals surface area contributed by atoms with Crippen molar-refractivity contribution in [1.82, 2.24) is 10.1 Å². The monoisotopic (exact) mass is 381 g/mol. The average Bonchev–Trinajstić information content (AvgIpc) is 3.19. The summed E-state index contributed by atoms with van der Waals surface area (Å²) in [4.78, 5) is 26.6. The molecule has 0 aliphatic carbocycles. The minimum absolute atomic E-state index is 0.0141. The second-order valence-electron chi connectivity index (χ2n) is 6.10. The van der Waals surface area contributed by atoms with E-state index in [2.05, 4.69) is 10.5 Å². The van der Waals surface area contributed by atoms with Crippen molar-refractivity contribution in [2.24, 2.45) is 0 Å². The van der Waals surface area contributed by atoms with E-state index < -0.39 is 11.7 Å². The maximum atomic E-state index is 13.3. The second-order valence-corrected chi connectivity index (χ2v) is 6.10. The molecular weight excluding hydrogens is 361 g/mol. The van der Waals surface area contributed by atoms with E-state index in [1.165, 1.54) is 18.2 Å². The highest BCUT2D eigenvalue weighted by Crippen LogP contribution is 2.21. The summed E-state index contributed by atoms with van der Waals surface area (Å²) in [5.74, 6) is -1.03. The number of hydrogen-bond acceptors (Lipinski definition) is 4. The van der Waals surface area contributed by atoms with Crippen LogP contribution in [0.15, 0.2) is 59.1 Å². The molecular formula is C21H20FN3O3. The number of amides is 2. The molecule has 1 heterocycles. The molecule has 2 amide bonds. The first kappa shape index (κ1) is 19.3. The van der Waals surface area contributed by atoms with Crippen LogP contribution in [-0.4, -0.2) is 35.0 Å². The fourth-order valence-corrected chi connectivity index (χ4v) is 2.78. The lowest BCUT2D eigenvalue weighted by molar-refractivity contribution is 0.0772. The molecule has 144 valence electrons. The SMILES string of the molecule is CCN(CC)C(=O)c1cccc(NC(=O)c2cc(-c3cccc(F)c3)no2)c1. The predicted molar refractivity (Wildman–Crippen MR) is 104 cm³/mol. The van der Waals surface area contributed by atoms with E-state index in [0.29, 0.717) is 35.6 Å². The third-order valence-electron chi connectivity index (χ3n) is 4.27. The van der Waals surface area contributed by atoms with Crippen LogP contribution in [0.1, 0.15) is 34.8 Å². The Balaban J connectivity index is 1.75. The lowest BCUT2D eigenvalue weighted by Gasteiger charge is -2.18. The quantitative estimate of drug-likeness (QED) is 0.694. The van der Waals surface area contributed by atoms with Gasteiger partial charge in [0, 0.05) is 36.0 Å². The fraction of sp³-hybridized carbons (Fsp3) is 0.190. The molecule has 7 heteroatoms. The van der Waals surface area contributed by atoms with Crippen LogP contribution in [0.5, 0.6) is 0 Å². The number of rotatable bonds is 6. The smallest absolute Gasteiger partial charge is 0.294 e. The van der Waals surface area contributed by atoms with Crippen LogP contribution in [0, 0.1) is 5.82 Å². The van der Waals surface area contributed by atoms with Crippen molar-refractivity contribution in [3.05, 3.63) is 71.7 Å². The highest BCUT2D eigenvalue weighted by Gasteiger charge is 2.16. The number of hydrogen-bond donors (Lipinski definition) is 1. The van der Waals surface area contributed by atoms with E-state index in [4.69, 9.17) is 4.52 Å². The van der Waals surface area contributed by atoms with Crippen LogP contribution in [0.2, 0.25) is 0 Å². The minimum atomic E-state index is -0.511. The molecule has 1 N–H and O–H groups in total. The zero-order valence-electron chi connectivity index (χ0n) is 15.6. The van der Waals surface area contributed by atoms with Crippen LogP contribution in [0.25, 0.3) is 11.3 Å². The summed E-state index contributed by atoms with van der Waals surface area (Å²) in [6, 6.07) is 14.0. The van der Waals surface area contributed by atoms with Gasteiger partial charge >= 0.3 is 0 Å². The van der Waals surface area contributed by atoms with E-state index >= 15 is 0 Å². The van der Waals surface area contributed by atoms with Crippen molar-refractivity contribution in [1.29, 1.82) is 0 Å². The number of benzene rings is 2. The molecule has 0 aliphatic rings. The normalized spacial score (nSPS) is 10.5. The highest BCUT2D eigenvalue weighted by atomic mass is 19.1. The maximum Gasteiger partial charge on any atom is 0.294 e. The summed E-state index contributed by atoms with van der Waals surface area (Å²) in [6.45, 7) is 5.03. The Bertz CT molecular complexity index is 996. The van der Waals surface area contributed by atoms with Crippen LogP contribution in [0.4, 0.5) is 10.1 Å². The highest BCUT2D eigenvalue weighted by molar-refractivity contribution is 6.03. The zero-order chi connectivity index (χ0) is 20.1. The van der Waals surface area contributed by atoms with Gasteiger partial charge in [0.05, 0.1) is 0 Å². The third-order valence-corrected chi connectivity index (χ3v) is 4.27. The van der Waals surface area contributed by atoms with Crippen LogP contribution in [-0.2, 0) is 0 Å². The first-order chi connectivity index (χ1) is 13.5. The second kappa shape index (κ2) is 8.47. The van der Waals surface area contributed by atoms with Crippen LogP contribution in [0.3, 0.4) is 0 Å². The van der Waals surface area contributed by atoms with Crippen molar-refractivity contribution in [3.8, 4) is 11.3 Å². The van der Waals surface area contributed by atoms with E-state index in [1.807, 2.05) is 13.8 Å². The van der Waals surface area contributed by atoms with Crippen LogP contribution < -0.4 is 5.32 Å². The maximum absolute atomic E-state index is 13.3. The summed E-state index contributed by atoms with van der Waals surface area (Å²) >= 11 is 0. The lowest BCUT2D eigenvalue weighted by atomic mass is 10.1. The fourth-order valence-electron chi connectivity index (χ4n) is 2.78. The van der Waals surface area contributed by atoms with Gasteiger partial charge in [-0.25, -0.2) is 4.39 Å². The van der Waals surface area contributed by atoms with Gasteiger partial charge in [-0.2, -0.15) is 0 Å². The van der Waals surface area contributed by atoms with Gasteiger partial charge in [0.15, 0.2) is 0 Å². The summed E-state index contributed by atoms with van der Waals surface area (Å²) < 4.78 is 18.4. The first-order valence-corrected chi connectivity index (χ1v) is 8.95. The van der Waals surface area contributed by atoms with Gasteiger partial charge in [-0.05, 0) is 44.2 Å². The Hall–Kier alpha value is -3.48. The Morgan fingerprint density at radius 1 is 1.07 bits per heavy atom. The molecule has 0 spiro atoms. The summed E-state index contributed by atoms with van der Waals surface area (Å²) in [6.07, 6.45) is 0. The molecule has 0 fully saturated rings. The topological polar surface area (TPSA) is 75.4 Å². The number of nitrogens with one attached hydrogen (secondary N) is 1. The molecule has 2 aromatic carbocycles. The van der Waals surface area contributed by atoms with E-state index in [1.54, 1.807) is 41.3 Å². The zero-order valence-corrected chi connectivity index (χ0v) is 15.6. The van der Waals surface area contributed by atoms with Gasteiger partial charge in [-0.1, -0.05) is 23.4 Å². The standard InChI is InChI=1S/C21H20FN3O3/c1-3-25(4-2)21(27)15-8-6-10-17(12-15)23-20(26)19-13-18(24-28-19)14-7-5-9-16(22)11-14/h5-13H,3-4H2,1-2H3,(H,23,26). The van der Waals surface area contributed by atoms with Gasteiger partial charge in [0.2, 0.25) is 5.76 Å². The average molecular weight is 381 g/mol. The van der Waals surface area contributed by atoms with Gasteiger partial charge < -0.3 is 14.7 Å². The third kappa shape index (κ3) is 4.25. The van der Waals surface area contributed by atoms with Crippen molar-refractivity contribution < 1.29 is 18.5 Å². The number of halogens is 1. The molecule has 0 saturated heterocycles. The number of anilines is 1. The molecule has 0 bridgehead atoms. The van der Waals surface area contributed by atoms with Crippen molar-refractivity contribution >= 4 is 17.5 Å². The number of carbonyl (C=O) groups excluding carboxylic acids is 2. The summed E-state index contributed by atoms with van der Waals surface area (Å²) in [5.41, 5.74) is 1.82. The van der Waals surface area contributed by atoms with Crippen molar-refractivity contribution in [2.45, 2.75) is 13.8 Å². The Kier molecular flexibility index (Phi) is 5.84. The molecule has 0 saturated carbocycles. The van der Waals surface area contributed by atoms with Gasteiger partial charge in [0.25, 0.3) is 11.8 Å². The molecule has 3 aromatic rings. The molecule has 28 heavy (non-hydrogen) atoms. The summed E-state index contributed by atoms with van der Waals surface area (Å²) in [5, 5.41) is 6.51. The minimum Gasteiger partial charge on any atom is -0.350 e. The van der Waals surface area contributed by atoms with Crippen molar-refractivity contribution in [2.75, 3.05) is 18.4 Å². The molecule has 1 aromatic heterocycles. The largest absolute Gasteiger partial charge is 0.350 e. The molecule has 0 atom stereocenters. The van der Waals surface area contributed by atoms with Gasteiger partial charge in [-0.3, -0.25) is 9.59 Å². The van der Waals surface area contributed by atoms with E-state index in [9.17, 15) is 14.0 Å². The Labute approximate surface area is 161 Å². The number of carbonyl (C=O) groups is 2. The summed E-state index contributed by atoms with van der Waals surface area (Å²) in [7, 11) is 0. The van der Waals surface area contributed by atoms with E-state index in [0.717, 1.165) is 0 Å². The van der Waals surface area contributed by atoms with Gasteiger partial charge in [0.1, 0.15) is 11.5 Å². The first-order valence-electron chi connectivity index (χ1n) is 8.95. The molecule has 0 unspecified atom stereocenters. The molecule has 3 rings (SSSR count). The predicted octanol–water partition coefficient (Wildman–Crippen LogP) is 4.22. The Morgan fingerprint density at radius 3 is 2.54 bits per heavy atom. The number of nitrogens with zero attached hydrogens (tertiary/aromatic N) is 2. The lowest BCUT2D eigenvalue weighted by Crippen LogP contribution is -2.30. The van der Waals surface area contributed by atoms with Crippen molar-refractivity contribution in [3.63, 3.8) is 0 Å². The Morgan fingerprint density at radius 2 is 1.82 bits per heavy atom. The number of aromatic nitrogens is 1. The molecule has 0 radical (unpaired) electrons. The van der Waals surface area contributed by atoms with E-state index in [-0.39, 0.29) is 11.7 Å². The van der Waals surface area contributed by atoms with Gasteiger partial charge in [-0.15, -0.1) is 0 Å². The molecule has 0 aliphatic heterocycles. The molecule has 6 nitrogen and oxygen atoms in total. The van der Waals surface area contributed by atoms with Crippen LogP contribution >= 0.6 is 0 Å².